The van der Waals surface area contributed by atoms with Crippen molar-refractivity contribution >= 4 is 17.7 Å². The van der Waals surface area contributed by atoms with Crippen LogP contribution in [0, 0.1) is 57.2 Å². The standard InChI is InChI=1S/C37H58N2O5/c1-24-10-13-37(33(42)43-6)15-14-35(4)28(29(37)22-24)8-9-30-34(3)23-26(31(40)25(2)27(34)11-12-36(30,35)5)32(41)38-16-7-17-39-18-20-44-21-19-39/h8,24-27,29-30H,7,9-23H2,1-6H3,(H,38,41)/t24-,25?,26?,27?,29?,30?,34?,35+,36+,37?/m0/s1. The quantitative estimate of drug-likeness (QED) is 0.177. The van der Waals surface area contributed by atoms with Crippen LogP contribution in [0.15, 0.2) is 11.6 Å². The second kappa shape index (κ2) is 11.8. The minimum atomic E-state index is -0.562. The molecule has 246 valence electrons. The Labute approximate surface area is 265 Å². The normalized spacial score (nSPS) is 45.6. The summed E-state index contributed by atoms with van der Waals surface area (Å²) in [5.74, 6) is 1.000. The number of rotatable bonds is 6. The third-order valence-electron chi connectivity index (χ3n) is 14.7. The summed E-state index contributed by atoms with van der Waals surface area (Å²) >= 11 is 0. The molecule has 5 fully saturated rings. The first-order valence-corrected chi connectivity index (χ1v) is 17.8. The minimum absolute atomic E-state index is 0.00119. The molecule has 7 nitrogen and oxygen atoms in total. The maximum atomic E-state index is 13.8. The number of nitrogens with one attached hydrogen (secondary N) is 1. The molecule has 4 saturated carbocycles. The largest absolute Gasteiger partial charge is 0.469 e. The Kier molecular flexibility index (Phi) is 8.65. The number of carbonyl (C=O) groups excluding carboxylic acids is 3. The van der Waals surface area contributed by atoms with E-state index in [2.05, 4.69) is 50.9 Å². The number of carbonyl (C=O) groups is 3. The van der Waals surface area contributed by atoms with Gasteiger partial charge in [-0.15, -0.1) is 0 Å². The molecule has 0 aromatic rings. The van der Waals surface area contributed by atoms with Crippen LogP contribution in [0.1, 0.15) is 98.8 Å². The van der Waals surface area contributed by atoms with Crippen molar-refractivity contribution in [3.05, 3.63) is 11.6 Å². The number of esters is 1. The fraction of sp³-hybridized carbons (Fsp3) is 0.865. The van der Waals surface area contributed by atoms with Crippen LogP contribution >= 0.6 is 0 Å². The zero-order valence-corrected chi connectivity index (χ0v) is 28.3. The van der Waals surface area contributed by atoms with Gasteiger partial charge in [-0.3, -0.25) is 19.3 Å². The molecule has 10 atom stereocenters. The Bertz CT molecular complexity index is 1180. The SMILES string of the molecule is COC(=O)C12CC[C@H](C)CC1C1=CCC3C4(C)CC(C(=O)NCCCN5CCOCC5)C(=O)C(C)C4CC[C@@]3(C)[C@]1(C)CC2. The molecule has 1 heterocycles. The summed E-state index contributed by atoms with van der Waals surface area (Å²) in [4.78, 5) is 43.2. The van der Waals surface area contributed by atoms with Gasteiger partial charge in [-0.2, -0.15) is 0 Å². The van der Waals surface area contributed by atoms with Gasteiger partial charge in [0, 0.05) is 25.6 Å². The fourth-order valence-corrected chi connectivity index (χ4v) is 11.9. The number of allylic oxidation sites excluding steroid dienone is 2. The molecular formula is C37H58N2O5. The lowest BCUT2D eigenvalue weighted by Gasteiger charge is -2.69. The third-order valence-corrected chi connectivity index (χ3v) is 14.7. The van der Waals surface area contributed by atoms with E-state index < -0.39 is 5.92 Å². The molecule has 1 aliphatic heterocycles. The van der Waals surface area contributed by atoms with Crippen LogP contribution in [-0.2, 0) is 23.9 Å². The highest BCUT2D eigenvalue weighted by Gasteiger charge is 2.68. The maximum Gasteiger partial charge on any atom is 0.312 e. The first kappa shape index (κ1) is 32.2. The number of ether oxygens (including phenoxy) is 2. The number of fused-ring (bicyclic) bond motifs is 7. The average Bonchev–Trinajstić information content (AvgIpc) is 3.01. The Hall–Kier alpha value is -1.73. The Morgan fingerprint density at radius 1 is 1.07 bits per heavy atom. The third kappa shape index (κ3) is 4.84. The Morgan fingerprint density at radius 2 is 1.82 bits per heavy atom. The van der Waals surface area contributed by atoms with Gasteiger partial charge in [0.25, 0.3) is 0 Å². The van der Waals surface area contributed by atoms with Crippen LogP contribution in [0.4, 0.5) is 0 Å². The van der Waals surface area contributed by atoms with Crippen LogP contribution in [-0.4, -0.2) is 69.1 Å². The van der Waals surface area contributed by atoms with Gasteiger partial charge in [0.1, 0.15) is 5.78 Å². The Balaban J connectivity index is 1.24. The number of morpholine rings is 1. The van der Waals surface area contributed by atoms with E-state index in [4.69, 9.17) is 9.47 Å². The lowest BCUT2D eigenvalue weighted by Crippen LogP contribution is -2.64. The van der Waals surface area contributed by atoms with E-state index in [1.54, 1.807) is 7.11 Å². The molecule has 6 aliphatic rings. The molecule has 0 spiro atoms. The number of amides is 1. The topological polar surface area (TPSA) is 84.9 Å². The van der Waals surface area contributed by atoms with Gasteiger partial charge in [-0.05, 0) is 111 Å². The van der Waals surface area contributed by atoms with Crippen molar-refractivity contribution in [2.75, 3.05) is 46.5 Å². The van der Waals surface area contributed by atoms with Crippen molar-refractivity contribution in [1.82, 2.24) is 10.2 Å². The maximum absolute atomic E-state index is 13.8. The highest BCUT2D eigenvalue weighted by Crippen LogP contribution is 2.74. The lowest BCUT2D eigenvalue weighted by molar-refractivity contribution is -0.185. The molecule has 0 radical (unpaired) electrons. The summed E-state index contributed by atoms with van der Waals surface area (Å²) in [6.45, 7) is 16.9. The molecule has 1 saturated heterocycles. The summed E-state index contributed by atoms with van der Waals surface area (Å²) in [6, 6.07) is 0. The summed E-state index contributed by atoms with van der Waals surface area (Å²) in [5.41, 5.74) is 1.12. The number of ketones is 1. The zero-order chi connectivity index (χ0) is 31.5. The van der Waals surface area contributed by atoms with Gasteiger partial charge in [0.15, 0.2) is 0 Å². The minimum Gasteiger partial charge on any atom is -0.469 e. The fourth-order valence-electron chi connectivity index (χ4n) is 11.9. The number of hydrogen-bond donors (Lipinski definition) is 1. The van der Waals surface area contributed by atoms with E-state index in [9.17, 15) is 14.4 Å². The van der Waals surface area contributed by atoms with Gasteiger partial charge in [0.05, 0.1) is 31.7 Å². The van der Waals surface area contributed by atoms with Gasteiger partial charge in [-0.25, -0.2) is 0 Å². The molecule has 0 aromatic heterocycles. The second-order valence-electron chi connectivity index (χ2n) is 16.5. The zero-order valence-electron chi connectivity index (χ0n) is 28.3. The molecule has 7 unspecified atom stereocenters. The molecule has 6 rings (SSSR count). The second-order valence-corrected chi connectivity index (χ2v) is 16.5. The van der Waals surface area contributed by atoms with E-state index >= 15 is 0 Å². The molecule has 0 aromatic carbocycles. The van der Waals surface area contributed by atoms with E-state index in [0.717, 1.165) is 90.6 Å². The van der Waals surface area contributed by atoms with E-state index in [1.807, 2.05) is 0 Å². The molecule has 1 N–H and O–H groups in total. The van der Waals surface area contributed by atoms with Crippen molar-refractivity contribution in [2.45, 2.75) is 98.8 Å². The number of hydrogen-bond acceptors (Lipinski definition) is 6. The van der Waals surface area contributed by atoms with Crippen LogP contribution in [0.3, 0.4) is 0 Å². The molecule has 0 bridgehead atoms. The Morgan fingerprint density at radius 3 is 2.55 bits per heavy atom. The summed E-state index contributed by atoms with van der Waals surface area (Å²) in [7, 11) is 1.57. The molecular weight excluding hydrogens is 552 g/mol. The van der Waals surface area contributed by atoms with Crippen LogP contribution in [0.2, 0.25) is 0 Å². The summed E-state index contributed by atoms with van der Waals surface area (Å²) < 4.78 is 10.9. The van der Waals surface area contributed by atoms with E-state index in [1.165, 1.54) is 5.57 Å². The highest BCUT2D eigenvalue weighted by atomic mass is 16.5. The van der Waals surface area contributed by atoms with Crippen LogP contribution in [0.25, 0.3) is 0 Å². The van der Waals surface area contributed by atoms with E-state index in [-0.39, 0.29) is 51.2 Å². The van der Waals surface area contributed by atoms with Crippen molar-refractivity contribution in [1.29, 1.82) is 0 Å². The van der Waals surface area contributed by atoms with Crippen molar-refractivity contribution in [3.8, 4) is 0 Å². The van der Waals surface area contributed by atoms with Crippen molar-refractivity contribution < 1.29 is 23.9 Å². The van der Waals surface area contributed by atoms with Gasteiger partial charge in [-0.1, -0.05) is 46.3 Å². The molecule has 44 heavy (non-hydrogen) atoms. The molecule has 1 amide bonds. The van der Waals surface area contributed by atoms with Gasteiger partial charge in [0.2, 0.25) is 5.91 Å². The first-order valence-electron chi connectivity index (χ1n) is 17.8. The van der Waals surface area contributed by atoms with Gasteiger partial charge >= 0.3 is 5.97 Å². The molecule has 7 heteroatoms. The predicted octanol–water partition coefficient (Wildman–Crippen LogP) is 5.81. The first-order chi connectivity index (χ1) is 20.9. The van der Waals surface area contributed by atoms with Crippen LogP contribution < -0.4 is 5.32 Å². The monoisotopic (exact) mass is 610 g/mol. The number of nitrogens with zero attached hydrogens (tertiary/aromatic N) is 1. The van der Waals surface area contributed by atoms with Crippen molar-refractivity contribution in [3.63, 3.8) is 0 Å². The smallest absolute Gasteiger partial charge is 0.312 e. The van der Waals surface area contributed by atoms with Gasteiger partial charge < -0.3 is 14.8 Å². The summed E-state index contributed by atoms with van der Waals surface area (Å²) in [5, 5.41) is 3.17. The van der Waals surface area contributed by atoms with Crippen LogP contribution in [0.5, 0.6) is 0 Å². The average molecular weight is 611 g/mol. The van der Waals surface area contributed by atoms with Crippen molar-refractivity contribution in [2.24, 2.45) is 57.2 Å². The molecule has 5 aliphatic carbocycles. The summed E-state index contributed by atoms with van der Waals surface area (Å²) in [6.07, 6.45) is 12.2. The lowest BCUT2D eigenvalue weighted by atomic mass is 9.34. The number of methoxy groups -OCH3 is 1. The highest BCUT2D eigenvalue weighted by molar-refractivity contribution is 6.03. The predicted molar refractivity (Wildman–Crippen MR) is 171 cm³/mol. The van der Waals surface area contributed by atoms with E-state index in [0.29, 0.717) is 30.7 Å². The number of Topliss-reactive ketones (excluding diaryl/α,β-unsaturated/α-hetero) is 1.